The molecule has 4 saturated carbocycles. The average Bonchev–Trinajstić information content (AvgIpc) is 2.76. The van der Waals surface area contributed by atoms with Crippen molar-refractivity contribution in [3.8, 4) is 5.75 Å². The second kappa shape index (κ2) is 8.41. The van der Waals surface area contributed by atoms with Gasteiger partial charge in [-0.25, -0.2) is 4.98 Å². The number of nitrogens with zero attached hydrogens (tertiary/aromatic N) is 2. The summed E-state index contributed by atoms with van der Waals surface area (Å²) in [4.78, 5) is 34.7. The second-order valence-electron chi connectivity index (χ2n) is 10.1. The van der Waals surface area contributed by atoms with Crippen LogP contribution in [0.5, 0.6) is 5.75 Å². The molecule has 8 heteroatoms. The Bertz CT molecular complexity index is 1060. The highest BCUT2D eigenvalue weighted by molar-refractivity contribution is 5.95. The smallest absolute Gasteiger partial charge is 0.271 e. The van der Waals surface area contributed by atoms with E-state index >= 15 is 0 Å². The molecule has 2 aromatic rings. The third-order valence-corrected chi connectivity index (χ3v) is 7.26. The second-order valence-corrected chi connectivity index (χ2v) is 10.1. The van der Waals surface area contributed by atoms with E-state index in [1.54, 1.807) is 30.5 Å². The summed E-state index contributed by atoms with van der Waals surface area (Å²) in [5.41, 5.74) is 0.931. The van der Waals surface area contributed by atoms with Crippen LogP contribution >= 0.6 is 0 Å². The van der Waals surface area contributed by atoms with E-state index in [2.05, 4.69) is 20.6 Å². The Hall–Kier alpha value is -3.00. The third-order valence-electron chi connectivity index (χ3n) is 7.26. The van der Waals surface area contributed by atoms with Gasteiger partial charge in [0.1, 0.15) is 18.1 Å². The summed E-state index contributed by atoms with van der Waals surface area (Å²) >= 11 is 0. The molecule has 0 aliphatic heterocycles. The van der Waals surface area contributed by atoms with Crippen LogP contribution in [0.1, 0.15) is 65.1 Å². The molecule has 0 saturated heterocycles. The van der Waals surface area contributed by atoms with Crippen LogP contribution in [0.25, 0.3) is 0 Å². The van der Waals surface area contributed by atoms with E-state index < -0.39 is 0 Å². The summed E-state index contributed by atoms with van der Waals surface area (Å²) in [7, 11) is 0. The van der Waals surface area contributed by atoms with Crippen LogP contribution in [0.3, 0.4) is 0 Å². The van der Waals surface area contributed by atoms with Crippen LogP contribution in [-0.2, 0) is 0 Å². The lowest BCUT2D eigenvalue weighted by molar-refractivity contribution is -0.0448. The summed E-state index contributed by atoms with van der Waals surface area (Å²) in [6, 6.07) is 7.04. The minimum atomic E-state index is -0.327. The number of ether oxygens (including phenoxy) is 1. The average molecular weight is 451 g/mol. The first kappa shape index (κ1) is 21.8. The number of hydrogen-bond acceptors (Lipinski definition) is 6. The molecule has 0 spiro atoms. The van der Waals surface area contributed by atoms with Crippen molar-refractivity contribution in [2.24, 2.45) is 11.8 Å². The molecule has 4 fully saturated rings. The number of carbonyl (C=O) groups excluding carboxylic acids is 2. The molecule has 8 nitrogen and oxygen atoms in total. The number of amides is 2. The molecule has 1 heterocycles. The maximum absolute atomic E-state index is 13.2. The Labute approximate surface area is 193 Å². The first-order chi connectivity index (χ1) is 15.9. The Morgan fingerprint density at radius 2 is 1.79 bits per heavy atom. The van der Waals surface area contributed by atoms with Crippen molar-refractivity contribution in [2.75, 3.05) is 13.2 Å². The summed E-state index contributed by atoms with van der Waals surface area (Å²) in [6.07, 6.45) is 8.79. The summed E-state index contributed by atoms with van der Waals surface area (Å²) in [5.74, 6) is 1.20. The molecule has 3 N–H and O–H groups in total. The van der Waals surface area contributed by atoms with Gasteiger partial charge in [0.2, 0.25) is 0 Å². The van der Waals surface area contributed by atoms with E-state index in [0.717, 1.165) is 38.5 Å². The van der Waals surface area contributed by atoms with Gasteiger partial charge in [0.15, 0.2) is 0 Å². The first-order valence-electron chi connectivity index (χ1n) is 11.7. The van der Waals surface area contributed by atoms with E-state index in [1.807, 2.05) is 6.92 Å². The maximum atomic E-state index is 13.2. The van der Waals surface area contributed by atoms with Crippen LogP contribution in [0.15, 0.2) is 36.7 Å². The van der Waals surface area contributed by atoms with Gasteiger partial charge in [0, 0.05) is 22.8 Å². The topological polar surface area (TPSA) is 113 Å². The number of aromatic nitrogens is 2. The Balaban J connectivity index is 1.34. The molecule has 33 heavy (non-hydrogen) atoms. The number of aliphatic hydroxyl groups excluding tert-OH is 1. The van der Waals surface area contributed by atoms with Gasteiger partial charge in [0.25, 0.3) is 11.8 Å². The van der Waals surface area contributed by atoms with E-state index in [-0.39, 0.29) is 36.1 Å². The molecule has 174 valence electrons. The Morgan fingerprint density at radius 3 is 2.45 bits per heavy atom. The number of aryl methyl sites for hydroxylation is 1. The predicted octanol–water partition coefficient (Wildman–Crippen LogP) is 2.41. The molecular weight excluding hydrogens is 420 g/mol. The third kappa shape index (κ3) is 4.44. The van der Waals surface area contributed by atoms with Crippen molar-refractivity contribution in [3.05, 3.63) is 53.6 Å². The highest BCUT2D eigenvalue weighted by Gasteiger charge is 2.58. The van der Waals surface area contributed by atoms with E-state index in [9.17, 15) is 9.59 Å². The lowest BCUT2D eigenvalue weighted by Crippen LogP contribution is -2.69. The van der Waals surface area contributed by atoms with Gasteiger partial charge in [-0.05, 0) is 75.5 Å². The SMILES string of the molecule is Cc1cncc(C(=O)NC23CC4CC(CC(NC(=O)c5cccc(OCCO)c5)(C4)C2)C3)n1. The summed E-state index contributed by atoms with van der Waals surface area (Å²) < 4.78 is 5.46. The van der Waals surface area contributed by atoms with Crippen LogP contribution < -0.4 is 15.4 Å². The Morgan fingerprint density at radius 1 is 1.09 bits per heavy atom. The number of nitrogens with one attached hydrogen (secondary N) is 2. The molecule has 4 aliphatic carbocycles. The number of aliphatic hydroxyl groups is 1. The van der Waals surface area contributed by atoms with Gasteiger partial charge in [-0.1, -0.05) is 6.07 Å². The monoisotopic (exact) mass is 450 g/mol. The summed E-state index contributed by atoms with van der Waals surface area (Å²) in [6.45, 7) is 1.93. The molecule has 4 bridgehead atoms. The van der Waals surface area contributed by atoms with Gasteiger partial charge in [-0.3, -0.25) is 14.6 Å². The zero-order chi connectivity index (χ0) is 23.1. The molecule has 1 aromatic carbocycles. The molecule has 0 radical (unpaired) electrons. The van der Waals surface area contributed by atoms with Gasteiger partial charge in [-0.15, -0.1) is 0 Å². The largest absolute Gasteiger partial charge is 0.491 e. The predicted molar refractivity (Wildman–Crippen MR) is 121 cm³/mol. The molecular formula is C25H30N4O4. The number of carbonyl (C=O) groups is 2. The maximum Gasteiger partial charge on any atom is 0.271 e. The number of benzene rings is 1. The van der Waals surface area contributed by atoms with E-state index in [1.165, 1.54) is 6.20 Å². The fourth-order valence-electron chi connectivity index (χ4n) is 6.64. The van der Waals surface area contributed by atoms with Gasteiger partial charge in [-0.2, -0.15) is 0 Å². The Kier molecular flexibility index (Phi) is 5.56. The minimum absolute atomic E-state index is 0.0791. The quantitative estimate of drug-likeness (QED) is 0.597. The fourth-order valence-corrected chi connectivity index (χ4v) is 6.64. The molecule has 2 atom stereocenters. The molecule has 6 rings (SSSR count). The fraction of sp³-hybridized carbons (Fsp3) is 0.520. The molecule has 2 unspecified atom stereocenters. The summed E-state index contributed by atoms with van der Waals surface area (Å²) in [5, 5.41) is 15.6. The molecule has 1 aromatic heterocycles. The van der Waals surface area contributed by atoms with Crippen LogP contribution in [0.2, 0.25) is 0 Å². The standard InChI is InChI=1S/C25H30N4O4/c1-16-13-26-14-21(27-16)23(32)29-25-11-17-7-18(12-25)10-24(9-17,15-25)28-22(31)19-3-2-4-20(8-19)33-6-5-30/h2-4,8,13-14,17-18,30H,5-7,9-12,15H2,1H3,(H,28,31)(H,29,32). The zero-order valence-corrected chi connectivity index (χ0v) is 18.8. The molecule has 4 aliphatic rings. The van der Waals surface area contributed by atoms with Crippen LogP contribution in [-0.4, -0.2) is 51.2 Å². The first-order valence-corrected chi connectivity index (χ1v) is 11.7. The lowest BCUT2D eigenvalue weighted by atomic mass is 9.49. The van der Waals surface area contributed by atoms with Crippen molar-refractivity contribution >= 4 is 11.8 Å². The normalized spacial score (nSPS) is 29.5. The number of rotatable bonds is 7. The van der Waals surface area contributed by atoms with E-state index in [0.29, 0.717) is 34.5 Å². The molecule has 2 amide bonds. The van der Waals surface area contributed by atoms with Crippen molar-refractivity contribution < 1.29 is 19.4 Å². The van der Waals surface area contributed by atoms with Gasteiger partial charge in [0.05, 0.1) is 18.5 Å². The highest BCUT2D eigenvalue weighted by Crippen LogP contribution is 2.57. The van der Waals surface area contributed by atoms with Gasteiger partial charge < -0.3 is 20.5 Å². The van der Waals surface area contributed by atoms with Crippen molar-refractivity contribution in [2.45, 2.75) is 56.5 Å². The van der Waals surface area contributed by atoms with Crippen LogP contribution in [0, 0.1) is 18.8 Å². The lowest BCUT2D eigenvalue weighted by Gasteiger charge is -2.62. The minimum Gasteiger partial charge on any atom is -0.491 e. The zero-order valence-electron chi connectivity index (χ0n) is 18.8. The van der Waals surface area contributed by atoms with E-state index in [4.69, 9.17) is 9.84 Å². The van der Waals surface area contributed by atoms with Crippen molar-refractivity contribution in [1.82, 2.24) is 20.6 Å². The van der Waals surface area contributed by atoms with Crippen LogP contribution in [0.4, 0.5) is 0 Å². The van der Waals surface area contributed by atoms with Crippen molar-refractivity contribution in [1.29, 1.82) is 0 Å². The van der Waals surface area contributed by atoms with Crippen molar-refractivity contribution in [3.63, 3.8) is 0 Å². The highest BCUT2D eigenvalue weighted by atomic mass is 16.5. The number of hydrogen-bond donors (Lipinski definition) is 3. The van der Waals surface area contributed by atoms with Gasteiger partial charge >= 0.3 is 0 Å².